The molecule has 31 heavy (non-hydrogen) atoms. The van der Waals surface area contributed by atoms with E-state index in [1.54, 1.807) is 36.4 Å². The Kier molecular flexibility index (Phi) is 7.09. The van der Waals surface area contributed by atoms with Gasteiger partial charge in [-0.2, -0.15) is 0 Å². The normalized spacial score (nSPS) is 12.0. The van der Waals surface area contributed by atoms with Crippen LogP contribution >= 0.6 is 0 Å². The number of hydrogen-bond acceptors (Lipinski definition) is 6. The number of esters is 1. The molecule has 3 aromatic rings. The molecule has 1 N–H and O–H groups in total. The standard InChI is InChI=1S/C22H22N2O6S/c1-29-21(25)20(23-22(26)30-16-17-8-4-2-5-9-17)14-18-12-13-24(15-18)31(27,28)19-10-6-3-7-11-19/h2-13,15,20H,14,16H2,1H3,(H,23,26). The van der Waals surface area contributed by atoms with E-state index in [2.05, 4.69) is 5.32 Å². The van der Waals surface area contributed by atoms with Crippen LogP contribution in [0.5, 0.6) is 0 Å². The highest BCUT2D eigenvalue weighted by Gasteiger charge is 2.24. The van der Waals surface area contributed by atoms with Gasteiger partial charge in [-0.25, -0.2) is 22.0 Å². The molecule has 0 saturated heterocycles. The predicted molar refractivity (Wildman–Crippen MR) is 113 cm³/mol. The number of benzene rings is 2. The molecule has 1 unspecified atom stereocenters. The maximum Gasteiger partial charge on any atom is 0.408 e. The maximum atomic E-state index is 12.7. The van der Waals surface area contributed by atoms with Gasteiger partial charge in [-0.15, -0.1) is 0 Å². The van der Waals surface area contributed by atoms with Crippen LogP contribution < -0.4 is 5.32 Å². The molecule has 2 aromatic carbocycles. The molecule has 3 rings (SSSR count). The second-order valence-corrected chi connectivity index (χ2v) is 8.50. The lowest BCUT2D eigenvalue weighted by molar-refractivity contribution is -0.143. The minimum atomic E-state index is -3.75. The second-order valence-electron chi connectivity index (χ2n) is 6.65. The zero-order valence-electron chi connectivity index (χ0n) is 16.8. The highest BCUT2D eigenvalue weighted by Crippen LogP contribution is 2.16. The summed E-state index contributed by atoms with van der Waals surface area (Å²) in [4.78, 5) is 24.4. The summed E-state index contributed by atoms with van der Waals surface area (Å²) >= 11 is 0. The maximum absolute atomic E-state index is 12.7. The quantitative estimate of drug-likeness (QED) is 0.538. The van der Waals surface area contributed by atoms with Gasteiger partial charge in [0.15, 0.2) is 0 Å². The number of carbonyl (C=O) groups excluding carboxylic acids is 2. The summed E-state index contributed by atoms with van der Waals surface area (Å²) in [6, 6.07) is 17.6. The van der Waals surface area contributed by atoms with Crippen LogP contribution in [-0.4, -0.2) is 37.6 Å². The van der Waals surface area contributed by atoms with Crippen molar-refractivity contribution in [3.05, 3.63) is 90.3 Å². The summed E-state index contributed by atoms with van der Waals surface area (Å²) in [5.74, 6) is -0.671. The largest absolute Gasteiger partial charge is 0.467 e. The van der Waals surface area contributed by atoms with Crippen LogP contribution in [0.1, 0.15) is 11.1 Å². The molecule has 0 saturated carbocycles. The summed E-state index contributed by atoms with van der Waals surface area (Å²) in [6.45, 7) is 0.0479. The minimum absolute atomic E-state index is 0.0322. The summed E-state index contributed by atoms with van der Waals surface area (Å²) in [7, 11) is -2.55. The Morgan fingerprint density at radius 1 is 0.968 bits per heavy atom. The van der Waals surface area contributed by atoms with E-state index < -0.39 is 28.1 Å². The van der Waals surface area contributed by atoms with E-state index in [1.165, 1.54) is 31.6 Å². The van der Waals surface area contributed by atoms with Gasteiger partial charge in [0.05, 0.1) is 12.0 Å². The molecule has 0 radical (unpaired) electrons. The molecule has 9 heteroatoms. The summed E-state index contributed by atoms with van der Waals surface area (Å²) in [6.07, 6.45) is 2.04. The fourth-order valence-corrected chi connectivity index (χ4v) is 4.12. The van der Waals surface area contributed by atoms with Crippen molar-refractivity contribution < 1.29 is 27.5 Å². The summed E-state index contributed by atoms with van der Waals surface area (Å²) in [5.41, 5.74) is 1.33. The van der Waals surface area contributed by atoms with E-state index >= 15 is 0 Å². The van der Waals surface area contributed by atoms with Gasteiger partial charge in [0.2, 0.25) is 0 Å². The number of nitrogens with one attached hydrogen (secondary N) is 1. The fraction of sp³-hybridized carbons (Fsp3) is 0.182. The lowest BCUT2D eigenvalue weighted by atomic mass is 10.1. The molecule has 1 atom stereocenters. The van der Waals surface area contributed by atoms with E-state index in [0.29, 0.717) is 5.56 Å². The molecule has 8 nitrogen and oxygen atoms in total. The van der Waals surface area contributed by atoms with Crippen LogP contribution in [0.4, 0.5) is 4.79 Å². The van der Waals surface area contributed by atoms with E-state index in [-0.39, 0.29) is 17.9 Å². The monoisotopic (exact) mass is 442 g/mol. The average Bonchev–Trinajstić information content (AvgIpc) is 3.27. The first-order valence-electron chi connectivity index (χ1n) is 9.42. The molecule has 0 spiro atoms. The van der Waals surface area contributed by atoms with Crippen molar-refractivity contribution in [3.63, 3.8) is 0 Å². The molecular weight excluding hydrogens is 420 g/mol. The Hall–Kier alpha value is -3.59. The highest BCUT2D eigenvalue weighted by molar-refractivity contribution is 7.90. The number of ether oxygens (including phenoxy) is 2. The molecule has 1 amide bonds. The third-order valence-corrected chi connectivity index (χ3v) is 6.13. The Labute approximate surface area is 180 Å². The Morgan fingerprint density at radius 3 is 2.26 bits per heavy atom. The molecule has 1 heterocycles. The first-order valence-corrected chi connectivity index (χ1v) is 10.9. The number of amides is 1. The van der Waals surface area contributed by atoms with Crippen LogP contribution in [0, 0.1) is 0 Å². The molecule has 0 aliphatic carbocycles. The topological polar surface area (TPSA) is 104 Å². The van der Waals surface area contributed by atoms with Gasteiger partial charge in [-0.1, -0.05) is 48.5 Å². The van der Waals surface area contributed by atoms with Crippen molar-refractivity contribution in [1.29, 1.82) is 0 Å². The van der Waals surface area contributed by atoms with Gasteiger partial charge >= 0.3 is 12.1 Å². The third kappa shape index (κ3) is 5.73. The first kappa shape index (κ1) is 22.1. The van der Waals surface area contributed by atoms with Crippen molar-refractivity contribution in [3.8, 4) is 0 Å². The van der Waals surface area contributed by atoms with Crippen LogP contribution in [0.15, 0.2) is 84.0 Å². The zero-order chi connectivity index (χ0) is 22.3. The predicted octanol–water partition coefficient (Wildman–Crippen LogP) is 2.74. The van der Waals surface area contributed by atoms with Crippen molar-refractivity contribution >= 4 is 22.1 Å². The zero-order valence-corrected chi connectivity index (χ0v) is 17.6. The Balaban J connectivity index is 1.67. The van der Waals surface area contributed by atoms with Crippen molar-refractivity contribution in [2.75, 3.05) is 7.11 Å². The number of nitrogens with zero attached hydrogens (tertiary/aromatic N) is 1. The molecule has 0 aliphatic rings. The van der Waals surface area contributed by atoms with Crippen molar-refractivity contribution in [2.45, 2.75) is 24.0 Å². The van der Waals surface area contributed by atoms with Crippen LogP contribution in [-0.2, 0) is 37.3 Å². The molecular formula is C22H22N2O6S. The highest BCUT2D eigenvalue weighted by atomic mass is 32.2. The number of carbonyl (C=O) groups is 2. The number of hydrogen-bond donors (Lipinski definition) is 1. The first-order chi connectivity index (χ1) is 14.9. The smallest absolute Gasteiger partial charge is 0.408 e. The van der Waals surface area contributed by atoms with E-state index in [9.17, 15) is 18.0 Å². The van der Waals surface area contributed by atoms with Crippen LogP contribution in [0.25, 0.3) is 0 Å². The Bertz CT molecular complexity index is 1130. The van der Waals surface area contributed by atoms with Crippen LogP contribution in [0.3, 0.4) is 0 Å². The van der Waals surface area contributed by atoms with Gasteiger partial charge in [0, 0.05) is 18.8 Å². The summed E-state index contributed by atoms with van der Waals surface area (Å²) in [5, 5.41) is 2.47. The Morgan fingerprint density at radius 2 is 1.61 bits per heavy atom. The lowest BCUT2D eigenvalue weighted by Crippen LogP contribution is -2.43. The van der Waals surface area contributed by atoms with Gasteiger partial charge in [0.25, 0.3) is 10.0 Å². The molecule has 1 aromatic heterocycles. The van der Waals surface area contributed by atoms with Gasteiger partial charge < -0.3 is 14.8 Å². The van der Waals surface area contributed by atoms with E-state index in [4.69, 9.17) is 9.47 Å². The SMILES string of the molecule is COC(=O)C(Cc1ccn(S(=O)(=O)c2ccccc2)c1)NC(=O)OCc1ccccc1. The van der Waals surface area contributed by atoms with Crippen molar-refractivity contribution in [1.82, 2.24) is 9.29 Å². The van der Waals surface area contributed by atoms with E-state index in [1.807, 2.05) is 18.2 Å². The van der Waals surface area contributed by atoms with Crippen molar-refractivity contribution in [2.24, 2.45) is 0 Å². The van der Waals surface area contributed by atoms with Gasteiger partial charge in [-0.3, -0.25) is 0 Å². The fourth-order valence-electron chi connectivity index (χ4n) is 2.88. The number of methoxy groups -OCH3 is 1. The van der Waals surface area contributed by atoms with E-state index in [0.717, 1.165) is 9.54 Å². The third-order valence-electron chi connectivity index (χ3n) is 4.48. The molecule has 0 bridgehead atoms. The van der Waals surface area contributed by atoms with Gasteiger partial charge in [-0.05, 0) is 29.3 Å². The second kappa shape index (κ2) is 9.94. The average molecular weight is 442 g/mol. The minimum Gasteiger partial charge on any atom is -0.467 e. The number of rotatable bonds is 8. The van der Waals surface area contributed by atoms with Gasteiger partial charge in [0.1, 0.15) is 12.6 Å². The molecule has 0 fully saturated rings. The number of aromatic nitrogens is 1. The number of alkyl carbamates (subject to hydrolysis) is 1. The summed E-state index contributed by atoms with van der Waals surface area (Å²) < 4.78 is 36.4. The molecule has 162 valence electrons. The molecule has 0 aliphatic heterocycles. The van der Waals surface area contributed by atoms with Crippen LogP contribution in [0.2, 0.25) is 0 Å². The lowest BCUT2D eigenvalue weighted by Gasteiger charge is -2.16.